The molecule has 1 aromatic heterocycles. The Bertz CT molecular complexity index is 352. The molecule has 0 unspecified atom stereocenters. The number of nitrogens with one attached hydrogen (secondary N) is 1. The number of hydrogen-bond acceptors (Lipinski definition) is 5. The zero-order chi connectivity index (χ0) is 12.0. The Hall–Kier alpha value is -0.910. The summed E-state index contributed by atoms with van der Waals surface area (Å²) in [7, 11) is 0. The van der Waals surface area contributed by atoms with Crippen LogP contribution in [0.4, 0.5) is 5.95 Å². The third kappa shape index (κ3) is 5.25. The molecule has 0 saturated heterocycles. The molecule has 0 amide bonds. The first-order valence-electron chi connectivity index (χ1n) is 4.61. The highest BCUT2D eigenvalue weighted by molar-refractivity contribution is 6.31. The largest absolute Gasteiger partial charge is 0.375 e. The van der Waals surface area contributed by atoms with E-state index in [0.29, 0.717) is 25.7 Å². The van der Waals surface area contributed by atoms with Crippen LogP contribution in [-0.4, -0.2) is 34.7 Å². The molecule has 16 heavy (non-hydrogen) atoms. The minimum Gasteiger partial charge on any atom is -0.375 e. The first-order valence-corrected chi connectivity index (χ1v) is 5.36. The van der Waals surface area contributed by atoms with Crippen LogP contribution in [0.15, 0.2) is 12.2 Å². The van der Waals surface area contributed by atoms with Gasteiger partial charge >= 0.3 is 0 Å². The van der Waals surface area contributed by atoms with Gasteiger partial charge in [0, 0.05) is 6.54 Å². The topological polar surface area (TPSA) is 59.9 Å². The second kappa shape index (κ2) is 6.62. The Morgan fingerprint density at radius 3 is 2.50 bits per heavy atom. The average molecular weight is 263 g/mol. The van der Waals surface area contributed by atoms with Gasteiger partial charge in [-0.05, 0) is 30.1 Å². The van der Waals surface area contributed by atoms with E-state index in [2.05, 4.69) is 26.8 Å². The van der Waals surface area contributed by atoms with E-state index in [9.17, 15) is 0 Å². The van der Waals surface area contributed by atoms with Crippen molar-refractivity contribution in [1.29, 1.82) is 0 Å². The van der Waals surface area contributed by atoms with Crippen LogP contribution in [0.5, 0.6) is 0 Å². The molecule has 0 radical (unpaired) electrons. The SMILES string of the molecule is C=C(C)COCCNc1nc(Cl)nc(Cl)n1. The molecule has 0 atom stereocenters. The van der Waals surface area contributed by atoms with Crippen molar-refractivity contribution < 1.29 is 4.74 Å². The van der Waals surface area contributed by atoms with Gasteiger partial charge in [-0.1, -0.05) is 12.2 Å². The summed E-state index contributed by atoms with van der Waals surface area (Å²) in [6, 6.07) is 0. The van der Waals surface area contributed by atoms with Crippen molar-refractivity contribution in [3.8, 4) is 0 Å². The summed E-state index contributed by atoms with van der Waals surface area (Å²) in [4.78, 5) is 11.3. The Morgan fingerprint density at radius 2 is 1.94 bits per heavy atom. The van der Waals surface area contributed by atoms with Crippen molar-refractivity contribution in [3.05, 3.63) is 22.7 Å². The lowest BCUT2D eigenvalue weighted by atomic mass is 10.4. The van der Waals surface area contributed by atoms with Gasteiger partial charge in [0.1, 0.15) is 0 Å². The van der Waals surface area contributed by atoms with E-state index in [-0.39, 0.29) is 10.6 Å². The molecule has 7 heteroatoms. The summed E-state index contributed by atoms with van der Waals surface area (Å²) in [5.41, 5.74) is 0.978. The van der Waals surface area contributed by atoms with Crippen molar-refractivity contribution >= 4 is 29.2 Å². The molecule has 1 heterocycles. The van der Waals surface area contributed by atoms with Crippen molar-refractivity contribution in [3.63, 3.8) is 0 Å². The molecule has 1 N–H and O–H groups in total. The molecular weight excluding hydrogens is 251 g/mol. The number of hydrogen-bond donors (Lipinski definition) is 1. The van der Waals surface area contributed by atoms with Gasteiger partial charge in [0.15, 0.2) is 0 Å². The van der Waals surface area contributed by atoms with Gasteiger partial charge in [-0.15, -0.1) is 0 Å². The Kier molecular flexibility index (Phi) is 5.45. The number of rotatable bonds is 6. The first kappa shape index (κ1) is 13.2. The summed E-state index contributed by atoms with van der Waals surface area (Å²) < 4.78 is 5.28. The number of anilines is 1. The normalized spacial score (nSPS) is 10.2. The van der Waals surface area contributed by atoms with Crippen LogP contribution in [-0.2, 0) is 4.74 Å². The molecule has 0 aliphatic heterocycles. The van der Waals surface area contributed by atoms with E-state index < -0.39 is 0 Å². The maximum absolute atomic E-state index is 5.60. The molecule has 0 aliphatic carbocycles. The second-order valence-electron chi connectivity index (χ2n) is 3.13. The number of aromatic nitrogens is 3. The van der Waals surface area contributed by atoms with Gasteiger partial charge < -0.3 is 10.1 Å². The van der Waals surface area contributed by atoms with Crippen LogP contribution in [0.1, 0.15) is 6.92 Å². The molecular formula is C9H12Cl2N4O. The van der Waals surface area contributed by atoms with E-state index >= 15 is 0 Å². The molecule has 0 saturated carbocycles. The van der Waals surface area contributed by atoms with E-state index in [1.807, 2.05) is 6.92 Å². The third-order valence-corrected chi connectivity index (χ3v) is 1.80. The second-order valence-corrected chi connectivity index (χ2v) is 3.81. The Labute approximate surface area is 104 Å². The molecule has 1 rings (SSSR count). The third-order valence-electron chi connectivity index (χ3n) is 1.46. The first-order chi connectivity index (χ1) is 7.58. The summed E-state index contributed by atoms with van der Waals surface area (Å²) in [5.74, 6) is 0.337. The van der Waals surface area contributed by atoms with Gasteiger partial charge in [0.05, 0.1) is 13.2 Å². The van der Waals surface area contributed by atoms with Gasteiger partial charge in [-0.2, -0.15) is 15.0 Å². The summed E-state index contributed by atoms with van der Waals surface area (Å²) in [6.45, 7) is 7.25. The van der Waals surface area contributed by atoms with Crippen LogP contribution in [0.3, 0.4) is 0 Å². The minimum absolute atomic E-state index is 0.0605. The molecule has 0 spiro atoms. The van der Waals surface area contributed by atoms with Crippen LogP contribution in [0, 0.1) is 0 Å². The fraction of sp³-hybridized carbons (Fsp3) is 0.444. The Morgan fingerprint density at radius 1 is 1.31 bits per heavy atom. The quantitative estimate of drug-likeness (QED) is 0.629. The summed E-state index contributed by atoms with van der Waals surface area (Å²) in [5, 5.41) is 3.04. The Balaban J connectivity index is 2.29. The predicted octanol–water partition coefficient (Wildman–Crippen LogP) is 2.18. The van der Waals surface area contributed by atoms with Gasteiger partial charge in [-0.25, -0.2) is 0 Å². The maximum atomic E-state index is 5.60. The number of ether oxygens (including phenoxy) is 1. The van der Waals surface area contributed by atoms with Gasteiger partial charge in [-0.3, -0.25) is 0 Å². The van der Waals surface area contributed by atoms with Crippen molar-refractivity contribution in [2.75, 3.05) is 25.1 Å². The number of halogens is 2. The maximum Gasteiger partial charge on any atom is 0.228 e. The zero-order valence-electron chi connectivity index (χ0n) is 8.83. The smallest absolute Gasteiger partial charge is 0.228 e. The van der Waals surface area contributed by atoms with Crippen LogP contribution >= 0.6 is 23.2 Å². The fourth-order valence-corrected chi connectivity index (χ4v) is 1.25. The summed E-state index contributed by atoms with van der Waals surface area (Å²) in [6.07, 6.45) is 0. The van der Waals surface area contributed by atoms with Crippen molar-refractivity contribution in [2.45, 2.75) is 6.92 Å². The predicted molar refractivity (Wildman–Crippen MR) is 64.0 cm³/mol. The molecule has 88 valence electrons. The van der Waals surface area contributed by atoms with Gasteiger partial charge in [0.25, 0.3) is 0 Å². The van der Waals surface area contributed by atoms with E-state index in [1.54, 1.807) is 0 Å². The van der Waals surface area contributed by atoms with E-state index in [0.717, 1.165) is 5.57 Å². The number of nitrogens with zero attached hydrogens (tertiary/aromatic N) is 3. The van der Waals surface area contributed by atoms with Crippen LogP contribution in [0.2, 0.25) is 10.6 Å². The molecule has 0 fully saturated rings. The highest BCUT2D eigenvalue weighted by Crippen LogP contribution is 2.08. The highest BCUT2D eigenvalue weighted by Gasteiger charge is 2.01. The van der Waals surface area contributed by atoms with Crippen molar-refractivity contribution in [1.82, 2.24) is 15.0 Å². The lowest BCUT2D eigenvalue weighted by Gasteiger charge is -2.05. The zero-order valence-corrected chi connectivity index (χ0v) is 10.3. The molecule has 0 aromatic carbocycles. The summed E-state index contributed by atoms with van der Waals surface area (Å²) >= 11 is 11.2. The standard InChI is InChI=1S/C9H12Cl2N4O/c1-6(2)5-16-4-3-12-9-14-7(10)13-8(11)15-9/h1,3-5H2,2H3,(H,12,13,14,15). The van der Waals surface area contributed by atoms with Gasteiger partial charge in [0.2, 0.25) is 16.5 Å². The monoisotopic (exact) mass is 262 g/mol. The van der Waals surface area contributed by atoms with E-state index in [4.69, 9.17) is 27.9 Å². The lowest BCUT2D eigenvalue weighted by molar-refractivity contribution is 0.167. The average Bonchev–Trinajstić information content (AvgIpc) is 2.15. The fourth-order valence-electron chi connectivity index (χ4n) is 0.886. The molecule has 1 aromatic rings. The molecule has 0 aliphatic rings. The van der Waals surface area contributed by atoms with Crippen LogP contribution in [0.25, 0.3) is 0 Å². The lowest BCUT2D eigenvalue weighted by Crippen LogP contribution is -2.12. The van der Waals surface area contributed by atoms with Crippen LogP contribution < -0.4 is 5.32 Å². The van der Waals surface area contributed by atoms with Crippen molar-refractivity contribution in [2.24, 2.45) is 0 Å². The molecule has 5 nitrogen and oxygen atoms in total. The molecule has 0 bridgehead atoms. The minimum atomic E-state index is 0.0605. The van der Waals surface area contributed by atoms with E-state index in [1.165, 1.54) is 0 Å². The highest BCUT2D eigenvalue weighted by atomic mass is 35.5.